The Bertz CT molecular complexity index is 491. The predicted molar refractivity (Wildman–Crippen MR) is 85.8 cm³/mol. The second-order valence-corrected chi connectivity index (χ2v) is 5.43. The third kappa shape index (κ3) is 7.17. The van der Waals surface area contributed by atoms with Gasteiger partial charge in [0, 0.05) is 32.1 Å². The molecule has 122 valence electrons. The van der Waals surface area contributed by atoms with Gasteiger partial charge in [-0.25, -0.2) is 0 Å². The topological polar surface area (TPSA) is 111 Å². The summed E-state index contributed by atoms with van der Waals surface area (Å²) in [4.78, 5) is 26.2. The first-order valence-electron chi connectivity index (χ1n) is 7.72. The highest BCUT2D eigenvalue weighted by molar-refractivity contribution is 5.75. The van der Waals surface area contributed by atoms with Crippen LogP contribution in [0.25, 0.3) is 0 Å². The van der Waals surface area contributed by atoms with E-state index in [0.29, 0.717) is 12.8 Å². The number of hydrogen-bond acceptors (Lipinski definition) is 4. The molecule has 0 aliphatic rings. The van der Waals surface area contributed by atoms with Crippen molar-refractivity contribution in [1.29, 1.82) is 0 Å². The van der Waals surface area contributed by atoms with Gasteiger partial charge in [0.25, 0.3) is 0 Å². The summed E-state index contributed by atoms with van der Waals surface area (Å²) in [6.45, 7) is 0. The van der Waals surface area contributed by atoms with Gasteiger partial charge in [0.05, 0.1) is 5.69 Å². The zero-order chi connectivity index (χ0) is 16.4. The first kappa shape index (κ1) is 18.1. The van der Waals surface area contributed by atoms with Crippen LogP contribution in [0.3, 0.4) is 0 Å². The van der Waals surface area contributed by atoms with Gasteiger partial charge in [-0.15, -0.1) is 0 Å². The highest BCUT2D eigenvalue weighted by atomic mass is 16.1. The van der Waals surface area contributed by atoms with Crippen LogP contribution < -0.4 is 16.8 Å². The highest BCUT2D eigenvalue weighted by Crippen LogP contribution is 2.16. The lowest BCUT2D eigenvalue weighted by Crippen LogP contribution is -2.17. The van der Waals surface area contributed by atoms with E-state index in [4.69, 9.17) is 11.5 Å². The molecule has 1 atom stereocenters. The van der Waals surface area contributed by atoms with Crippen LogP contribution >= 0.6 is 0 Å². The number of amides is 2. The maximum Gasteiger partial charge on any atom is 0.219 e. The van der Waals surface area contributed by atoms with Crippen LogP contribution in [0.15, 0.2) is 18.3 Å². The molecule has 5 N–H and O–H groups in total. The van der Waals surface area contributed by atoms with Crippen LogP contribution in [-0.4, -0.2) is 23.8 Å². The van der Waals surface area contributed by atoms with E-state index in [1.165, 1.54) is 5.56 Å². The van der Waals surface area contributed by atoms with Crippen LogP contribution in [0.1, 0.15) is 55.8 Å². The van der Waals surface area contributed by atoms with Gasteiger partial charge >= 0.3 is 0 Å². The Morgan fingerprint density at radius 1 is 1.27 bits per heavy atom. The molecule has 0 fully saturated rings. The zero-order valence-corrected chi connectivity index (χ0v) is 13.2. The van der Waals surface area contributed by atoms with Crippen molar-refractivity contribution in [2.45, 2.75) is 51.0 Å². The molecule has 0 saturated heterocycles. The Morgan fingerprint density at radius 3 is 2.73 bits per heavy atom. The molecule has 22 heavy (non-hydrogen) atoms. The fourth-order valence-electron chi connectivity index (χ4n) is 2.21. The number of nitrogens with zero attached hydrogens (tertiary/aromatic N) is 1. The average Bonchev–Trinajstić information content (AvgIpc) is 2.52. The van der Waals surface area contributed by atoms with Crippen molar-refractivity contribution in [3.8, 4) is 0 Å². The molecule has 6 heteroatoms. The highest BCUT2D eigenvalue weighted by Gasteiger charge is 2.09. The first-order chi connectivity index (χ1) is 10.5. The molecule has 2 amide bonds. The number of nitrogens with one attached hydrogen (secondary N) is 1. The number of hydrogen-bond donors (Lipinski definition) is 3. The van der Waals surface area contributed by atoms with Gasteiger partial charge in [0.15, 0.2) is 0 Å². The maximum absolute atomic E-state index is 11.1. The van der Waals surface area contributed by atoms with Crippen molar-refractivity contribution >= 4 is 11.8 Å². The standard InChI is InChI=1S/C16H26N4O2/c1-19-16(22)6-4-2-3-5-12-9-10-20-14(11-12)13(17)7-8-15(18)21/h9-11,13H,2-8,17H2,1H3,(H2,18,21)(H,19,22)/t13-/m0/s1. The van der Waals surface area contributed by atoms with Crippen molar-refractivity contribution in [2.75, 3.05) is 7.05 Å². The van der Waals surface area contributed by atoms with E-state index in [1.54, 1.807) is 13.2 Å². The molecular formula is C16H26N4O2. The zero-order valence-electron chi connectivity index (χ0n) is 13.2. The fourth-order valence-corrected chi connectivity index (χ4v) is 2.21. The molecule has 0 aromatic carbocycles. The molecule has 1 rings (SSSR count). The smallest absolute Gasteiger partial charge is 0.219 e. The number of unbranched alkanes of at least 4 members (excludes halogenated alkanes) is 2. The van der Waals surface area contributed by atoms with Crippen molar-refractivity contribution < 1.29 is 9.59 Å². The molecule has 1 aromatic rings. The summed E-state index contributed by atoms with van der Waals surface area (Å²) in [5, 5.41) is 2.62. The molecule has 0 unspecified atom stereocenters. The summed E-state index contributed by atoms with van der Waals surface area (Å²) in [6.07, 6.45) is 6.98. The van der Waals surface area contributed by atoms with Crippen molar-refractivity contribution in [1.82, 2.24) is 10.3 Å². The van der Waals surface area contributed by atoms with E-state index >= 15 is 0 Å². The Kier molecular flexibility index (Phi) is 8.14. The minimum atomic E-state index is -0.345. The summed E-state index contributed by atoms with van der Waals surface area (Å²) in [5.41, 5.74) is 13.1. The molecule has 0 aliphatic heterocycles. The van der Waals surface area contributed by atoms with E-state index < -0.39 is 0 Å². The number of primary amides is 1. The van der Waals surface area contributed by atoms with Crippen LogP contribution in [-0.2, 0) is 16.0 Å². The van der Waals surface area contributed by atoms with Gasteiger partial charge in [0.1, 0.15) is 0 Å². The number of pyridine rings is 1. The maximum atomic E-state index is 11.1. The Balaban J connectivity index is 2.37. The van der Waals surface area contributed by atoms with Crippen LogP contribution in [0.5, 0.6) is 0 Å². The lowest BCUT2D eigenvalue weighted by atomic mass is 10.0. The van der Waals surface area contributed by atoms with Crippen LogP contribution in [0.2, 0.25) is 0 Å². The van der Waals surface area contributed by atoms with E-state index in [2.05, 4.69) is 10.3 Å². The summed E-state index contributed by atoms with van der Waals surface area (Å²) in [7, 11) is 1.66. The number of aromatic nitrogens is 1. The predicted octanol–water partition coefficient (Wildman–Crippen LogP) is 1.20. The molecule has 1 heterocycles. The van der Waals surface area contributed by atoms with Gasteiger partial charge in [0.2, 0.25) is 11.8 Å². The summed E-state index contributed by atoms with van der Waals surface area (Å²) in [5.74, 6) is -0.255. The van der Waals surface area contributed by atoms with Gasteiger partial charge in [-0.3, -0.25) is 14.6 Å². The summed E-state index contributed by atoms with van der Waals surface area (Å²) in [6, 6.07) is 3.70. The molecule has 0 bridgehead atoms. The SMILES string of the molecule is CNC(=O)CCCCCc1ccnc([C@@H](N)CCC(N)=O)c1. The molecule has 0 saturated carbocycles. The van der Waals surface area contributed by atoms with Gasteiger partial charge in [-0.05, 0) is 43.4 Å². The molecule has 0 aliphatic carbocycles. The van der Waals surface area contributed by atoms with Crippen molar-refractivity contribution in [3.05, 3.63) is 29.6 Å². The summed E-state index contributed by atoms with van der Waals surface area (Å²) >= 11 is 0. The van der Waals surface area contributed by atoms with E-state index in [1.807, 2.05) is 12.1 Å². The van der Waals surface area contributed by atoms with Crippen LogP contribution in [0, 0.1) is 0 Å². The number of rotatable bonds is 10. The molecule has 0 spiro atoms. The second-order valence-electron chi connectivity index (χ2n) is 5.43. The van der Waals surface area contributed by atoms with Crippen molar-refractivity contribution in [3.63, 3.8) is 0 Å². The molecule has 1 aromatic heterocycles. The Labute approximate surface area is 131 Å². The second kappa shape index (κ2) is 9.89. The first-order valence-corrected chi connectivity index (χ1v) is 7.72. The molecule has 6 nitrogen and oxygen atoms in total. The van der Waals surface area contributed by atoms with Crippen LogP contribution in [0.4, 0.5) is 0 Å². The van der Waals surface area contributed by atoms with Gasteiger partial charge < -0.3 is 16.8 Å². The third-order valence-electron chi connectivity index (χ3n) is 3.58. The number of nitrogens with two attached hydrogens (primary N) is 2. The molecule has 0 radical (unpaired) electrons. The van der Waals surface area contributed by atoms with Gasteiger partial charge in [-0.2, -0.15) is 0 Å². The van der Waals surface area contributed by atoms with E-state index in [-0.39, 0.29) is 24.3 Å². The van der Waals surface area contributed by atoms with E-state index in [0.717, 1.165) is 31.4 Å². The minimum absolute atomic E-state index is 0.0895. The lowest BCUT2D eigenvalue weighted by Gasteiger charge is -2.11. The summed E-state index contributed by atoms with van der Waals surface area (Å²) < 4.78 is 0. The average molecular weight is 306 g/mol. The van der Waals surface area contributed by atoms with Crippen molar-refractivity contribution in [2.24, 2.45) is 11.5 Å². The van der Waals surface area contributed by atoms with Gasteiger partial charge in [-0.1, -0.05) is 6.42 Å². The number of aryl methyl sites for hydroxylation is 1. The Hall–Kier alpha value is -1.95. The fraction of sp³-hybridized carbons (Fsp3) is 0.562. The monoisotopic (exact) mass is 306 g/mol. The molecular weight excluding hydrogens is 280 g/mol. The largest absolute Gasteiger partial charge is 0.370 e. The number of carbonyl (C=O) groups is 2. The normalized spacial score (nSPS) is 11.9. The quantitative estimate of drug-likeness (QED) is 0.564. The third-order valence-corrected chi connectivity index (χ3v) is 3.58. The Morgan fingerprint density at radius 2 is 2.05 bits per heavy atom. The lowest BCUT2D eigenvalue weighted by molar-refractivity contribution is -0.120. The number of carbonyl (C=O) groups excluding carboxylic acids is 2. The minimum Gasteiger partial charge on any atom is -0.370 e. The van der Waals surface area contributed by atoms with E-state index in [9.17, 15) is 9.59 Å².